The van der Waals surface area contributed by atoms with Gasteiger partial charge in [0.2, 0.25) is 0 Å². The molecular weight excluding hydrogens is 174 g/mol. The number of aliphatic hydroxyl groups excluding tert-OH is 1. The molecule has 0 heterocycles. The standard InChI is InChI=1S/C12H27NO/c1-5-8-9-10-12(11(4)14)13(6-2)7-3/h11-12,14H,5-10H2,1-4H3. The van der Waals surface area contributed by atoms with Crippen molar-refractivity contribution >= 4 is 0 Å². The Labute approximate surface area is 89.3 Å². The monoisotopic (exact) mass is 201 g/mol. The van der Waals surface area contributed by atoms with Crippen LogP contribution in [0.4, 0.5) is 0 Å². The van der Waals surface area contributed by atoms with E-state index in [0.717, 1.165) is 19.5 Å². The number of rotatable bonds is 8. The highest BCUT2D eigenvalue weighted by molar-refractivity contribution is 4.74. The average molecular weight is 201 g/mol. The van der Waals surface area contributed by atoms with Gasteiger partial charge in [-0.05, 0) is 26.4 Å². The number of nitrogens with zero attached hydrogens (tertiary/aromatic N) is 1. The molecule has 0 rings (SSSR count). The second-order valence-electron chi connectivity index (χ2n) is 4.02. The minimum absolute atomic E-state index is 0.202. The molecule has 0 aromatic carbocycles. The van der Waals surface area contributed by atoms with Crippen LogP contribution in [0.1, 0.15) is 53.4 Å². The van der Waals surface area contributed by atoms with Crippen LogP contribution in [0.5, 0.6) is 0 Å². The van der Waals surface area contributed by atoms with E-state index >= 15 is 0 Å². The first-order valence-corrected chi connectivity index (χ1v) is 6.09. The van der Waals surface area contributed by atoms with Crippen LogP contribution in [0.3, 0.4) is 0 Å². The van der Waals surface area contributed by atoms with Crippen LogP contribution >= 0.6 is 0 Å². The molecule has 0 aromatic heterocycles. The molecule has 2 nitrogen and oxygen atoms in total. The molecule has 0 aliphatic rings. The summed E-state index contributed by atoms with van der Waals surface area (Å²) in [5, 5.41) is 9.70. The van der Waals surface area contributed by atoms with E-state index in [2.05, 4.69) is 25.7 Å². The summed E-state index contributed by atoms with van der Waals surface area (Å²) >= 11 is 0. The number of likely N-dealkylation sites (N-methyl/N-ethyl adjacent to an activating group) is 1. The molecule has 0 saturated heterocycles. The van der Waals surface area contributed by atoms with Crippen molar-refractivity contribution in [2.24, 2.45) is 0 Å². The molecule has 0 radical (unpaired) electrons. The van der Waals surface area contributed by atoms with E-state index in [1.165, 1.54) is 19.3 Å². The molecule has 2 atom stereocenters. The lowest BCUT2D eigenvalue weighted by atomic mass is 10.0. The van der Waals surface area contributed by atoms with E-state index in [1.807, 2.05) is 6.92 Å². The lowest BCUT2D eigenvalue weighted by molar-refractivity contribution is 0.0601. The smallest absolute Gasteiger partial charge is 0.0667 e. The van der Waals surface area contributed by atoms with E-state index in [9.17, 15) is 5.11 Å². The molecule has 0 aliphatic carbocycles. The van der Waals surface area contributed by atoms with E-state index in [0.29, 0.717) is 6.04 Å². The third kappa shape index (κ3) is 4.97. The van der Waals surface area contributed by atoms with Gasteiger partial charge in [-0.1, -0.05) is 40.0 Å². The largest absolute Gasteiger partial charge is 0.392 e. The summed E-state index contributed by atoms with van der Waals surface area (Å²) < 4.78 is 0. The van der Waals surface area contributed by atoms with Crippen molar-refractivity contribution in [1.82, 2.24) is 4.90 Å². The molecule has 0 spiro atoms. The van der Waals surface area contributed by atoms with Crippen molar-refractivity contribution in [3.63, 3.8) is 0 Å². The summed E-state index contributed by atoms with van der Waals surface area (Å²) in [5.74, 6) is 0. The summed E-state index contributed by atoms with van der Waals surface area (Å²) in [6.07, 6.45) is 4.71. The van der Waals surface area contributed by atoms with Gasteiger partial charge in [0.15, 0.2) is 0 Å². The summed E-state index contributed by atoms with van der Waals surface area (Å²) in [7, 11) is 0. The Bertz CT molecular complexity index is 121. The fourth-order valence-corrected chi connectivity index (χ4v) is 2.02. The fourth-order valence-electron chi connectivity index (χ4n) is 2.02. The maximum Gasteiger partial charge on any atom is 0.0667 e. The van der Waals surface area contributed by atoms with E-state index in [-0.39, 0.29) is 6.10 Å². The first-order chi connectivity index (χ1) is 6.67. The van der Waals surface area contributed by atoms with Gasteiger partial charge in [0.1, 0.15) is 0 Å². The highest BCUT2D eigenvalue weighted by atomic mass is 16.3. The van der Waals surface area contributed by atoms with Crippen LogP contribution < -0.4 is 0 Å². The van der Waals surface area contributed by atoms with Crippen LogP contribution in [0.15, 0.2) is 0 Å². The van der Waals surface area contributed by atoms with Gasteiger partial charge in [0, 0.05) is 6.04 Å². The van der Waals surface area contributed by atoms with Crippen molar-refractivity contribution in [2.75, 3.05) is 13.1 Å². The zero-order valence-electron chi connectivity index (χ0n) is 10.3. The fraction of sp³-hybridized carbons (Fsp3) is 1.00. The van der Waals surface area contributed by atoms with Crippen molar-refractivity contribution in [1.29, 1.82) is 0 Å². The first-order valence-electron chi connectivity index (χ1n) is 6.09. The lowest BCUT2D eigenvalue weighted by Crippen LogP contribution is -2.42. The maximum absolute atomic E-state index is 9.70. The Hall–Kier alpha value is -0.0800. The van der Waals surface area contributed by atoms with Crippen molar-refractivity contribution in [3.05, 3.63) is 0 Å². The molecule has 0 amide bonds. The molecule has 0 aromatic rings. The third-order valence-electron chi connectivity index (χ3n) is 2.94. The van der Waals surface area contributed by atoms with Crippen LogP contribution in [-0.4, -0.2) is 35.2 Å². The van der Waals surface area contributed by atoms with Crippen LogP contribution in [-0.2, 0) is 0 Å². The minimum Gasteiger partial charge on any atom is -0.392 e. The second kappa shape index (κ2) is 8.25. The van der Waals surface area contributed by atoms with Crippen LogP contribution in [0.2, 0.25) is 0 Å². The summed E-state index contributed by atoms with van der Waals surface area (Å²) in [6.45, 7) is 10.5. The van der Waals surface area contributed by atoms with Crippen molar-refractivity contribution in [3.8, 4) is 0 Å². The SMILES string of the molecule is CCCCCC(C(C)O)N(CC)CC. The second-order valence-corrected chi connectivity index (χ2v) is 4.02. The first kappa shape index (κ1) is 13.9. The number of aliphatic hydroxyl groups is 1. The van der Waals surface area contributed by atoms with Gasteiger partial charge in [-0.25, -0.2) is 0 Å². The number of unbranched alkanes of at least 4 members (excludes halogenated alkanes) is 2. The Morgan fingerprint density at radius 2 is 1.64 bits per heavy atom. The van der Waals surface area contributed by atoms with Gasteiger partial charge < -0.3 is 5.11 Å². The molecule has 0 bridgehead atoms. The molecule has 2 unspecified atom stereocenters. The Kier molecular flexibility index (Phi) is 8.20. The molecule has 2 heteroatoms. The molecule has 0 fully saturated rings. The van der Waals surface area contributed by atoms with Gasteiger partial charge >= 0.3 is 0 Å². The van der Waals surface area contributed by atoms with Crippen LogP contribution in [0.25, 0.3) is 0 Å². The molecular formula is C12H27NO. The predicted molar refractivity (Wildman–Crippen MR) is 62.5 cm³/mol. The zero-order valence-corrected chi connectivity index (χ0v) is 10.3. The average Bonchev–Trinajstić information content (AvgIpc) is 2.17. The zero-order chi connectivity index (χ0) is 11.0. The Morgan fingerprint density at radius 1 is 1.07 bits per heavy atom. The van der Waals surface area contributed by atoms with Gasteiger partial charge in [-0.3, -0.25) is 4.90 Å². The third-order valence-corrected chi connectivity index (χ3v) is 2.94. The molecule has 1 N–H and O–H groups in total. The number of hydrogen-bond acceptors (Lipinski definition) is 2. The van der Waals surface area contributed by atoms with Gasteiger partial charge in [-0.2, -0.15) is 0 Å². The van der Waals surface area contributed by atoms with Gasteiger partial charge in [-0.15, -0.1) is 0 Å². The van der Waals surface area contributed by atoms with E-state index in [1.54, 1.807) is 0 Å². The highest BCUT2D eigenvalue weighted by Gasteiger charge is 2.19. The molecule has 14 heavy (non-hydrogen) atoms. The quantitative estimate of drug-likeness (QED) is 0.610. The van der Waals surface area contributed by atoms with Crippen molar-refractivity contribution < 1.29 is 5.11 Å². The van der Waals surface area contributed by atoms with Gasteiger partial charge in [0.25, 0.3) is 0 Å². The molecule has 86 valence electrons. The topological polar surface area (TPSA) is 23.5 Å². The molecule has 0 saturated carbocycles. The van der Waals surface area contributed by atoms with Crippen molar-refractivity contribution in [2.45, 2.75) is 65.5 Å². The summed E-state index contributed by atoms with van der Waals surface area (Å²) in [6, 6.07) is 0.358. The van der Waals surface area contributed by atoms with Gasteiger partial charge in [0.05, 0.1) is 6.10 Å². The Morgan fingerprint density at radius 3 is 2.00 bits per heavy atom. The number of hydrogen-bond donors (Lipinski definition) is 1. The lowest BCUT2D eigenvalue weighted by Gasteiger charge is -2.31. The molecule has 0 aliphatic heterocycles. The minimum atomic E-state index is -0.202. The maximum atomic E-state index is 9.70. The Balaban J connectivity index is 3.99. The summed E-state index contributed by atoms with van der Waals surface area (Å²) in [4.78, 5) is 2.36. The normalized spacial score (nSPS) is 15.9. The van der Waals surface area contributed by atoms with E-state index < -0.39 is 0 Å². The highest BCUT2D eigenvalue weighted by Crippen LogP contribution is 2.13. The summed E-state index contributed by atoms with van der Waals surface area (Å²) in [5.41, 5.74) is 0. The van der Waals surface area contributed by atoms with E-state index in [4.69, 9.17) is 0 Å². The predicted octanol–water partition coefficient (Wildman–Crippen LogP) is 2.66. The van der Waals surface area contributed by atoms with Crippen LogP contribution in [0, 0.1) is 0 Å².